The van der Waals surface area contributed by atoms with E-state index in [1.165, 1.54) is 23.3 Å². The molecule has 0 spiro atoms. The minimum atomic E-state index is -0.403. The first-order valence-corrected chi connectivity index (χ1v) is 33.6. The van der Waals surface area contributed by atoms with E-state index in [0.29, 0.717) is 51.7 Å². The summed E-state index contributed by atoms with van der Waals surface area (Å²) in [6, 6.07) is 77.5. The first kappa shape index (κ1) is 84.3. The highest BCUT2D eigenvalue weighted by Crippen LogP contribution is 2.22. The molecule has 560 valence electrons. The number of nitrogen functional groups attached to an aromatic ring is 4. The number of ether oxygens (including phenoxy) is 2. The Bertz CT molecular complexity index is 5000. The first-order valence-electron chi connectivity index (χ1n) is 33.3. The molecular formula is C81H81Cl2N21O6. The number of aromatic hydroxyl groups is 1. The molecule has 0 radical (unpaired) electrons. The lowest BCUT2D eigenvalue weighted by molar-refractivity contribution is 0.0940. The standard InChI is InChI=1S/C17H17N5O.C16H15N5O2.C15H13N3O.C9H11N5.C9H8N2O.C8H7ClO.C7H9N.ClH/c1-11-3-7-13(8-4-11)15(23)22-16(18)20-17(21-22)19-14-9-5-12(2)6-10-14;1-10-2-4-11(5-3-10)14(23)21-15(17)19-16(20-21)18-12-6-8-13(22)9-7-12;1-12-7-9-13(10-8-12)18-15(17-11-16)19-14-5-3-2-4-6-14;1-6-2-4-7(5-3-6)11-9-12-8(10)13-14-9;1-8(11-7-10)12-9-5-3-2-4-6-9;1-6-2-4-7(5-3-6)8(9)10;1-6-2-4-7(8)5-3-6;/h3-10H,1-2H3,(H3,18,19,20,21);2-9,22H,1H3,(H3,17,18,19,20);2-10H,1H3,(H,17,18);2-5H,1H3,(H4,10,11,12,13,14);2-6H,1H3;2-5H,1H3;2-5H,8H2,1H3;1H. The number of phenolic OH excluding ortho intramolecular Hbond substituents is 1. The topological polar surface area (TPSA) is 417 Å². The zero-order valence-electron chi connectivity index (χ0n) is 61.2. The molecule has 0 fully saturated rings. The summed E-state index contributed by atoms with van der Waals surface area (Å²) in [5, 5.41) is 51.8. The largest absolute Gasteiger partial charge is 0.508 e. The van der Waals surface area contributed by atoms with Crippen LogP contribution in [0.15, 0.2) is 265 Å². The number of rotatable bonds is 12. The quantitative estimate of drug-likeness (QED) is 0.0103. The molecule has 10 aromatic carbocycles. The molecule has 0 unspecified atom stereocenters. The van der Waals surface area contributed by atoms with Gasteiger partial charge in [-0.1, -0.05) is 160 Å². The fourth-order valence-electron chi connectivity index (χ4n) is 8.69. The summed E-state index contributed by atoms with van der Waals surface area (Å²) < 4.78 is 12.8. The molecule has 0 atom stereocenters. The van der Waals surface area contributed by atoms with E-state index in [0.717, 1.165) is 59.9 Å². The Morgan fingerprint density at radius 3 is 1.19 bits per heavy atom. The predicted octanol–water partition coefficient (Wildman–Crippen LogP) is 16.1. The predicted molar refractivity (Wildman–Crippen MR) is 436 cm³/mol. The monoisotopic (exact) mass is 1510 g/mol. The van der Waals surface area contributed by atoms with Crippen LogP contribution in [0.3, 0.4) is 0 Å². The van der Waals surface area contributed by atoms with Crippen molar-refractivity contribution in [3.63, 3.8) is 0 Å². The van der Waals surface area contributed by atoms with E-state index in [4.69, 9.17) is 54.5 Å². The summed E-state index contributed by atoms with van der Waals surface area (Å²) in [5.41, 5.74) is 36.0. The SMILES string of the molecule is CC(=NC#N)Oc1ccccc1.Cc1ccc(C(=O)Cl)cc1.Cc1ccc(C(=O)n2nc(Nc3ccc(O)cc3)nc2N)cc1.Cc1ccc(N)cc1.Cc1ccc(N=C(NC#N)Oc2ccccc2)cc1.Cc1ccc(Nc2n[nH]c(N)n2)cc1.Cc1ccc(Nc2nc(N)n(C(=O)c3ccc(C)cc3)n2)cc1.Cl. The number of aliphatic imine (C=N–C) groups is 2. The minimum absolute atomic E-state index is 0. The number of hydrogen-bond donors (Lipinski definition) is 10. The number of nitriles is 2. The highest BCUT2D eigenvalue weighted by atomic mass is 35.5. The molecule has 0 aliphatic heterocycles. The maximum Gasteiger partial charge on any atom is 0.309 e. The van der Waals surface area contributed by atoms with Gasteiger partial charge in [-0.2, -0.15) is 39.8 Å². The normalized spacial score (nSPS) is 10.2. The molecule has 0 aliphatic carbocycles. The average molecular weight is 1520 g/mol. The van der Waals surface area contributed by atoms with Gasteiger partial charge in [-0.05, 0) is 194 Å². The number of benzene rings is 10. The summed E-state index contributed by atoms with van der Waals surface area (Å²) in [7, 11) is 0. The summed E-state index contributed by atoms with van der Waals surface area (Å²) in [4.78, 5) is 55.1. The maximum atomic E-state index is 12.4. The minimum Gasteiger partial charge on any atom is -0.508 e. The zero-order chi connectivity index (χ0) is 78.6. The van der Waals surface area contributed by atoms with Crippen LogP contribution < -0.4 is 53.7 Å². The van der Waals surface area contributed by atoms with Crippen molar-refractivity contribution in [2.75, 3.05) is 38.9 Å². The number of amidine groups is 1. The molecule has 3 heterocycles. The molecule has 0 bridgehead atoms. The molecule has 3 aromatic heterocycles. The van der Waals surface area contributed by atoms with Gasteiger partial charge >= 0.3 is 6.02 Å². The van der Waals surface area contributed by atoms with Gasteiger partial charge in [0.25, 0.3) is 17.1 Å². The van der Waals surface area contributed by atoms with Crippen LogP contribution in [-0.2, 0) is 0 Å². The van der Waals surface area contributed by atoms with Crippen molar-refractivity contribution in [3.8, 4) is 29.6 Å². The lowest BCUT2D eigenvalue weighted by Crippen LogP contribution is -2.23. The molecule has 13 rings (SSSR count). The van der Waals surface area contributed by atoms with Gasteiger partial charge in [0.2, 0.25) is 47.8 Å². The van der Waals surface area contributed by atoms with Gasteiger partial charge in [0, 0.05) is 46.4 Å². The van der Waals surface area contributed by atoms with Crippen molar-refractivity contribution in [2.24, 2.45) is 9.98 Å². The third-order valence-corrected chi connectivity index (χ3v) is 14.7. The van der Waals surface area contributed by atoms with Crippen LogP contribution in [-0.4, -0.2) is 78.8 Å². The molecule has 110 heavy (non-hydrogen) atoms. The number of hydrogen-bond acceptors (Lipinski definition) is 23. The second-order valence-electron chi connectivity index (χ2n) is 23.6. The van der Waals surface area contributed by atoms with Crippen molar-refractivity contribution in [1.82, 2.24) is 50.0 Å². The second-order valence-corrected chi connectivity index (χ2v) is 23.9. The average Bonchev–Trinajstić information content (AvgIpc) is 1.67. The Balaban J connectivity index is 0.000000206. The summed E-state index contributed by atoms with van der Waals surface area (Å²) in [6.45, 7) is 15.6. The number of para-hydroxylation sites is 2. The van der Waals surface area contributed by atoms with Gasteiger partial charge in [0.05, 0.1) is 5.69 Å². The van der Waals surface area contributed by atoms with Crippen LogP contribution in [0.25, 0.3) is 0 Å². The lowest BCUT2D eigenvalue weighted by Gasteiger charge is -2.06. The molecule has 0 saturated heterocycles. The number of nitrogens with zero attached hydrogens (tertiary/aromatic N) is 12. The Kier molecular flexibility index (Phi) is 33.4. The fourth-order valence-corrected chi connectivity index (χ4v) is 8.82. The third-order valence-electron chi connectivity index (χ3n) is 14.4. The van der Waals surface area contributed by atoms with E-state index < -0.39 is 5.24 Å². The number of carbonyl (C=O) groups is 3. The van der Waals surface area contributed by atoms with Gasteiger partial charge in [-0.3, -0.25) is 14.4 Å². The van der Waals surface area contributed by atoms with Crippen molar-refractivity contribution in [3.05, 3.63) is 310 Å². The number of nitrogens with two attached hydrogens (primary N) is 4. The molecule has 27 nitrogen and oxygen atoms in total. The van der Waals surface area contributed by atoms with E-state index in [1.54, 1.807) is 85.9 Å². The number of phenols is 1. The van der Waals surface area contributed by atoms with Crippen molar-refractivity contribution in [1.29, 1.82) is 10.5 Å². The molecule has 29 heteroatoms. The van der Waals surface area contributed by atoms with Gasteiger partial charge in [0.1, 0.15) is 17.2 Å². The van der Waals surface area contributed by atoms with E-state index in [1.807, 2.05) is 225 Å². The first-order chi connectivity index (χ1) is 52.4. The fraction of sp³-hybridized carbons (Fsp3) is 0.0988. The molecular weight excluding hydrogens is 1430 g/mol. The highest BCUT2D eigenvalue weighted by molar-refractivity contribution is 6.67. The van der Waals surface area contributed by atoms with Crippen LogP contribution in [0.5, 0.6) is 17.2 Å². The number of carbonyl (C=O) groups excluding carboxylic acids is 3. The Morgan fingerprint density at radius 1 is 0.473 bits per heavy atom. The van der Waals surface area contributed by atoms with E-state index >= 15 is 0 Å². The van der Waals surface area contributed by atoms with Crippen molar-refractivity contribution >= 4 is 117 Å². The number of aryl methyl sites for hydroxylation is 7. The van der Waals surface area contributed by atoms with E-state index in [9.17, 15) is 19.5 Å². The van der Waals surface area contributed by atoms with Crippen molar-refractivity contribution in [2.45, 2.75) is 55.4 Å². The van der Waals surface area contributed by atoms with Gasteiger partial charge in [0.15, 0.2) is 6.19 Å². The van der Waals surface area contributed by atoms with E-state index in [2.05, 4.69) is 66.6 Å². The van der Waals surface area contributed by atoms with Crippen LogP contribution >= 0.6 is 24.0 Å². The molecule has 14 N–H and O–H groups in total. The Labute approximate surface area is 647 Å². The number of anilines is 10. The van der Waals surface area contributed by atoms with Crippen LogP contribution in [0, 0.1) is 71.4 Å². The summed E-state index contributed by atoms with van der Waals surface area (Å²) in [5.74, 6) is 2.46. The van der Waals surface area contributed by atoms with Crippen LogP contribution in [0.2, 0.25) is 0 Å². The van der Waals surface area contributed by atoms with Crippen LogP contribution in [0.1, 0.15) is 76.9 Å². The van der Waals surface area contributed by atoms with E-state index in [-0.39, 0.29) is 59.8 Å². The number of aromatic amines is 1. The number of aromatic nitrogens is 9. The molecule has 0 saturated carbocycles. The molecule has 0 aliphatic rings. The number of nitrogens with one attached hydrogen (secondary N) is 5. The Hall–Kier alpha value is -14.7. The van der Waals surface area contributed by atoms with Gasteiger partial charge in [-0.25, -0.2) is 10.4 Å². The highest BCUT2D eigenvalue weighted by Gasteiger charge is 2.18. The lowest BCUT2D eigenvalue weighted by atomic mass is 10.1. The molecule has 0 amide bonds. The third kappa shape index (κ3) is 29.5. The maximum absolute atomic E-state index is 12.4. The smallest absolute Gasteiger partial charge is 0.309 e. The second kappa shape index (κ2) is 43.6. The van der Waals surface area contributed by atoms with Crippen LogP contribution in [0.4, 0.5) is 64.1 Å². The number of H-pyrrole nitrogens is 1. The number of halogens is 2. The van der Waals surface area contributed by atoms with Crippen molar-refractivity contribution < 1.29 is 29.0 Å². The summed E-state index contributed by atoms with van der Waals surface area (Å²) >= 11 is 5.22. The Morgan fingerprint density at radius 2 is 0.827 bits per heavy atom. The molecule has 13 aromatic rings. The van der Waals surface area contributed by atoms with Gasteiger partial charge < -0.3 is 53.5 Å². The van der Waals surface area contributed by atoms with Gasteiger partial charge in [-0.15, -0.1) is 32.7 Å². The summed E-state index contributed by atoms with van der Waals surface area (Å²) in [6.07, 6.45) is 3.46. The zero-order valence-corrected chi connectivity index (χ0v) is 62.8.